The minimum absolute atomic E-state index is 0.156. The fraction of sp³-hybridized carbons (Fsp3) is 0.367. The Bertz CT molecular complexity index is 1230. The van der Waals surface area contributed by atoms with Crippen LogP contribution >= 0.6 is 11.6 Å². The Labute approximate surface area is 224 Å². The van der Waals surface area contributed by atoms with Gasteiger partial charge in [0.15, 0.2) is 0 Å². The third kappa shape index (κ3) is 7.70. The van der Waals surface area contributed by atoms with Crippen LogP contribution in [-0.2, 0) is 30.7 Å². The van der Waals surface area contributed by atoms with Gasteiger partial charge in [-0.1, -0.05) is 41.9 Å². The summed E-state index contributed by atoms with van der Waals surface area (Å²) in [6.45, 7) is 7.82. The van der Waals surface area contributed by atoms with E-state index >= 15 is 0 Å². The Balaban J connectivity index is 1.54. The van der Waals surface area contributed by atoms with Gasteiger partial charge in [0.2, 0.25) is 0 Å². The number of carbonyl (C=O) groups excluding carboxylic acids is 1. The molecule has 2 N–H and O–H groups in total. The predicted molar refractivity (Wildman–Crippen MR) is 147 cm³/mol. The molecule has 0 bridgehead atoms. The van der Waals surface area contributed by atoms with Crippen LogP contribution in [0, 0.1) is 5.82 Å². The Morgan fingerprint density at radius 2 is 1.84 bits per heavy atom. The molecule has 0 aliphatic carbocycles. The highest BCUT2D eigenvalue weighted by Gasteiger charge is 2.29. The molecule has 3 aromatic carbocycles. The summed E-state index contributed by atoms with van der Waals surface area (Å²) in [5.41, 5.74) is 10.3. The molecule has 0 aromatic heterocycles. The standard InChI is InChI=1S/C30H35ClFN3O2/c1-30(2,3)37-29(36)35(19-22-5-4-6-27(33)15-22)14-13-34-20-23-9-12-26(32)17-24(23)18-28(34)16-21-7-10-25(31)11-8-21/h4-12,15,17,28H,13-14,16,18-20,33H2,1-3H3. The number of carbonyl (C=O) groups is 1. The summed E-state index contributed by atoms with van der Waals surface area (Å²) in [4.78, 5) is 17.3. The van der Waals surface area contributed by atoms with Crippen LogP contribution in [0.25, 0.3) is 0 Å². The fourth-order valence-electron chi connectivity index (χ4n) is 4.75. The summed E-state index contributed by atoms with van der Waals surface area (Å²) in [6, 6.07) is 20.6. The van der Waals surface area contributed by atoms with Crippen LogP contribution in [0.5, 0.6) is 0 Å². The van der Waals surface area contributed by atoms with Gasteiger partial charge in [0.1, 0.15) is 11.4 Å². The van der Waals surface area contributed by atoms with Crippen molar-refractivity contribution in [2.75, 3.05) is 18.8 Å². The SMILES string of the molecule is CC(C)(C)OC(=O)N(CCN1Cc2ccc(F)cc2CC1Cc1ccc(Cl)cc1)Cc1cccc(N)c1. The first-order valence-corrected chi connectivity index (χ1v) is 13.0. The summed E-state index contributed by atoms with van der Waals surface area (Å²) >= 11 is 6.09. The minimum atomic E-state index is -0.601. The molecule has 1 unspecified atom stereocenters. The van der Waals surface area contributed by atoms with Gasteiger partial charge in [0, 0.05) is 42.9 Å². The molecule has 0 spiro atoms. The van der Waals surface area contributed by atoms with E-state index in [2.05, 4.69) is 4.90 Å². The first-order chi connectivity index (χ1) is 17.6. The average Bonchev–Trinajstić information content (AvgIpc) is 2.82. The van der Waals surface area contributed by atoms with Gasteiger partial charge in [-0.2, -0.15) is 0 Å². The summed E-state index contributed by atoms with van der Waals surface area (Å²) in [6.07, 6.45) is 1.18. The third-order valence-electron chi connectivity index (χ3n) is 6.53. The lowest BCUT2D eigenvalue weighted by molar-refractivity contribution is 0.0198. The molecule has 3 aromatic rings. The van der Waals surface area contributed by atoms with Gasteiger partial charge in [-0.3, -0.25) is 4.90 Å². The number of rotatable bonds is 7. The second-order valence-electron chi connectivity index (χ2n) is 10.7. The molecule has 196 valence electrons. The van der Waals surface area contributed by atoms with Crippen molar-refractivity contribution in [2.45, 2.75) is 58.3 Å². The Kier molecular flexibility index (Phi) is 8.40. The van der Waals surface area contributed by atoms with Crippen molar-refractivity contribution < 1.29 is 13.9 Å². The smallest absolute Gasteiger partial charge is 0.410 e. The molecule has 1 aliphatic heterocycles. The van der Waals surface area contributed by atoms with Crippen molar-refractivity contribution in [2.24, 2.45) is 0 Å². The van der Waals surface area contributed by atoms with Gasteiger partial charge >= 0.3 is 6.09 Å². The summed E-state index contributed by atoms with van der Waals surface area (Å²) in [5, 5.41) is 0.700. The Morgan fingerprint density at radius 1 is 1.08 bits per heavy atom. The average molecular weight is 524 g/mol. The zero-order valence-electron chi connectivity index (χ0n) is 21.7. The first kappa shape index (κ1) is 27.0. The maximum absolute atomic E-state index is 14.0. The number of amides is 1. The molecule has 5 nitrogen and oxygen atoms in total. The van der Waals surface area contributed by atoms with Crippen molar-refractivity contribution >= 4 is 23.4 Å². The van der Waals surface area contributed by atoms with Gasteiger partial charge in [-0.15, -0.1) is 0 Å². The third-order valence-corrected chi connectivity index (χ3v) is 6.78. The molecule has 1 atom stereocenters. The number of nitrogens with zero attached hydrogens (tertiary/aromatic N) is 2. The monoisotopic (exact) mass is 523 g/mol. The van der Waals surface area contributed by atoms with E-state index in [0.717, 1.165) is 29.5 Å². The number of hydrogen-bond donors (Lipinski definition) is 1. The molecule has 37 heavy (non-hydrogen) atoms. The van der Waals surface area contributed by atoms with Crippen LogP contribution < -0.4 is 5.73 Å². The molecule has 0 radical (unpaired) electrons. The zero-order valence-corrected chi connectivity index (χ0v) is 22.5. The summed E-state index contributed by atoms with van der Waals surface area (Å²) < 4.78 is 19.7. The van der Waals surface area contributed by atoms with Crippen molar-refractivity contribution in [3.63, 3.8) is 0 Å². The van der Waals surface area contributed by atoms with Crippen LogP contribution in [0.3, 0.4) is 0 Å². The molecule has 1 amide bonds. The number of nitrogen functional groups attached to an aromatic ring is 1. The van der Waals surface area contributed by atoms with Crippen LogP contribution in [-0.4, -0.2) is 40.6 Å². The molecule has 0 saturated heterocycles. The van der Waals surface area contributed by atoms with E-state index in [9.17, 15) is 9.18 Å². The number of fused-ring (bicyclic) bond motifs is 1. The first-order valence-electron chi connectivity index (χ1n) is 12.6. The second-order valence-corrected chi connectivity index (χ2v) is 11.2. The highest BCUT2D eigenvalue weighted by Crippen LogP contribution is 2.27. The van der Waals surface area contributed by atoms with Gasteiger partial charge in [0.05, 0.1) is 0 Å². The number of hydrogen-bond acceptors (Lipinski definition) is 4. The van der Waals surface area contributed by atoms with Gasteiger partial charge in [0.25, 0.3) is 0 Å². The van der Waals surface area contributed by atoms with Gasteiger partial charge in [-0.05, 0) is 92.3 Å². The Morgan fingerprint density at radius 3 is 2.54 bits per heavy atom. The number of anilines is 1. The maximum Gasteiger partial charge on any atom is 0.410 e. The van der Waals surface area contributed by atoms with E-state index in [-0.39, 0.29) is 18.0 Å². The lowest BCUT2D eigenvalue weighted by Gasteiger charge is -2.38. The molecule has 4 rings (SSSR count). The lowest BCUT2D eigenvalue weighted by atomic mass is 9.90. The van der Waals surface area contributed by atoms with E-state index < -0.39 is 5.60 Å². The number of ether oxygens (including phenoxy) is 1. The lowest BCUT2D eigenvalue weighted by Crippen LogP contribution is -2.47. The maximum atomic E-state index is 14.0. The largest absolute Gasteiger partial charge is 0.444 e. The minimum Gasteiger partial charge on any atom is -0.444 e. The van der Waals surface area contributed by atoms with Crippen molar-refractivity contribution in [3.05, 3.63) is 99.8 Å². The van der Waals surface area contributed by atoms with E-state index in [1.807, 2.05) is 75.4 Å². The molecular formula is C30H35ClFN3O2. The number of halogens is 2. The molecule has 1 heterocycles. The van der Waals surface area contributed by atoms with E-state index in [1.54, 1.807) is 11.0 Å². The molecule has 1 aliphatic rings. The number of benzene rings is 3. The second kappa shape index (κ2) is 11.5. The van der Waals surface area contributed by atoms with E-state index in [4.69, 9.17) is 22.1 Å². The predicted octanol–water partition coefficient (Wildman–Crippen LogP) is 6.47. The van der Waals surface area contributed by atoms with Crippen LogP contribution in [0.15, 0.2) is 66.7 Å². The van der Waals surface area contributed by atoms with E-state index in [1.165, 1.54) is 11.6 Å². The molecular weight excluding hydrogens is 489 g/mol. The van der Waals surface area contributed by atoms with Gasteiger partial charge < -0.3 is 15.4 Å². The molecule has 7 heteroatoms. The highest BCUT2D eigenvalue weighted by molar-refractivity contribution is 6.30. The zero-order chi connectivity index (χ0) is 26.6. The Hall–Kier alpha value is -3.09. The van der Waals surface area contributed by atoms with Crippen LogP contribution in [0.2, 0.25) is 5.02 Å². The van der Waals surface area contributed by atoms with Gasteiger partial charge in [-0.25, -0.2) is 9.18 Å². The topological polar surface area (TPSA) is 58.8 Å². The van der Waals surface area contributed by atoms with Crippen LogP contribution in [0.4, 0.5) is 14.9 Å². The van der Waals surface area contributed by atoms with Crippen LogP contribution in [0.1, 0.15) is 43.0 Å². The normalized spacial score (nSPS) is 15.8. The summed E-state index contributed by atoms with van der Waals surface area (Å²) in [7, 11) is 0. The van der Waals surface area contributed by atoms with Crippen molar-refractivity contribution in [3.8, 4) is 0 Å². The van der Waals surface area contributed by atoms with Crippen molar-refractivity contribution in [1.82, 2.24) is 9.80 Å². The molecule has 0 fully saturated rings. The molecule has 0 saturated carbocycles. The quantitative estimate of drug-likeness (QED) is 0.361. The van der Waals surface area contributed by atoms with E-state index in [0.29, 0.717) is 36.9 Å². The highest BCUT2D eigenvalue weighted by atomic mass is 35.5. The number of nitrogens with two attached hydrogens (primary N) is 1. The fourth-order valence-corrected chi connectivity index (χ4v) is 4.87. The summed E-state index contributed by atoms with van der Waals surface area (Å²) in [5.74, 6) is -0.212. The van der Waals surface area contributed by atoms with Crippen molar-refractivity contribution in [1.29, 1.82) is 0 Å².